The number of aromatic hydroxyl groups is 1. The Bertz CT molecular complexity index is 1240. The summed E-state index contributed by atoms with van der Waals surface area (Å²) in [5, 5.41) is 17.4. The highest BCUT2D eigenvalue weighted by Gasteiger charge is 2.43. The van der Waals surface area contributed by atoms with Crippen LogP contribution in [0.3, 0.4) is 0 Å². The smallest absolute Gasteiger partial charge is 0.217 e. The highest BCUT2D eigenvalue weighted by molar-refractivity contribution is 6.04. The van der Waals surface area contributed by atoms with Gasteiger partial charge in [-0.3, -0.25) is 0 Å². The topological polar surface area (TPSA) is 72.8 Å². The van der Waals surface area contributed by atoms with Crippen LogP contribution in [0, 0.1) is 6.92 Å². The fourth-order valence-electron chi connectivity index (χ4n) is 4.52. The highest BCUT2D eigenvalue weighted by Crippen LogP contribution is 2.52. The van der Waals surface area contributed by atoms with Crippen molar-refractivity contribution in [1.29, 1.82) is 0 Å². The molecular weight excluding hydrogens is 420 g/mol. The van der Waals surface area contributed by atoms with Gasteiger partial charge in [0, 0.05) is 23.6 Å². The van der Waals surface area contributed by atoms with E-state index in [0.717, 1.165) is 28.0 Å². The van der Waals surface area contributed by atoms with Gasteiger partial charge in [0.25, 0.3) is 0 Å². The Morgan fingerprint density at radius 3 is 2.52 bits per heavy atom. The molecule has 0 aliphatic carbocycles. The third kappa shape index (κ3) is 3.50. The van der Waals surface area contributed by atoms with E-state index in [1.807, 2.05) is 60.5 Å². The Kier molecular flexibility index (Phi) is 5.24. The van der Waals surface area contributed by atoms with Gasteiger partial charge in [0.1, 0.15) is 17.2 Å². The molecule has 5 rings (SSSR count). The molecule has 0 bridgehead atoms. The predicted octanol–water partition coefficient (Wildman–Crippen LogP) is 4.97. The van der Waals surface area contributed by atoms with Gasteiger partial charge in [0.2, 0.25) is 6.23 Å². The fraction of sp³-hybridized carbons (Fsp3) is 0.269. The summed E-state index contributed by atoms with van der Waals surface area (Å²) in [6.45, 7) is 2.00. The lowest BCUT2D eigenvalue weighted by Crippen LogP contribution is -2.34. The van der Waals surface area contributed by atoms with E-state index in [1.165, 1.54) is 0 Å². The van der Waals surface area contributed by atoms with Gasteiger partial charge < -0.3 is 24.1 Å². The van der Waals surface area contributed by atoms with E-state index >= 15 is 0 Å². The summed E-state index contributed by atoms with van der Waals surface area (Å²) in [4.78, 5) is 0. The largest absolute Gasteiger partial charge is 0.507 e. The SMILES string of the molecule is COc1ccc([C@@H]2Oc3c(OC)cccc3[C@H]3CC(c4cc(C)ccc4O)=NN32)c(OC)c1. The number of hydrazone groups is 1. The molecule has 2 aliphatic heterocycles. The molecule has 170 valence electrons. The van der Waals surface area contributed by atoms with Crippen molar-refractivity contribution in [3.05, 3.63) is 76.9 Å². The Labute approximate surface area is 192 Å². The minimum atomic E-state index is -0.552. The zero-order valence-electron chi connectivity index (χ0n) is 19.0. The second-order valence-corrected chi connectivity index (χ2v) is 8.12. The molecule has 0 spiro atoms. The minimum Gasteiger partial charge on any atom is -0.507 e. The van der Waals surface area contributed by atoms with E-state index in [-0.39, 0.29) is 11.8 Å². The van der Waals surface area contributed by atoms with Gasteiger partial charge in [-0.25, -0.2) is 5.01 Å². The van der Waals surface area contributed by atoms with Gasteiger partial charge in [-0.05, 0) is 37.3 Å². The second kappa shape index (κ2) is 8.24. The molecule has 7 nitrogen and oxygen atoms in total. The first kappa shape index (κ1) is 21.0. The molecule has 3 aromatic carbocycles. The molecule has 0 saturated carbocycles. The summed E-state index contributed by atoms with van der Waals surface area (Å²) < 4.78 is 23.2. The lowest BCUT2D eigenvalue weighted by molar-refractivity contribution is -0.0222. The first-order valence-electron chi connectivity index (χ1n) is 10.7. The molecule has 3 aromatic rings. The van der Waals surface area contributed by atoms with Crippen LogP contribution < -0.4 is 18.9 Å². The van der Waals surface area contributed by atoms with E-state index < -0.39 is 6.23 Å². The number of hydrogen-bond donors (Lipinski definition) is 1. The molecular formula is C26H26N2O5. The summed E-state index contributed by atoms with van der Waals surface area (Å²) in [5.74, 6) is 2.89. The zero-order chi connectivity index (χ0) is 23.1. The van der Waals surface area contributed by atoms with Gasteiger partial charge in [-0.15, -0.1) is 0 Å². The van der Waals surface area contributed by atoms with Gasteiger partial charge in [-0.2, -0.15) is 5.10 Å². The van der Waals surface area contributed by atoms with Crippen LogP contribution >= 0.6 is 0 Å². The van der Waals surface area contributed by atoms with Crippen molar-refractivity contribution in [2.75, 3.05) is 21.3 Å². The van der Waals surface area contributed by atoms with Gasteiger partial charge >= 0.3 is 0 Å². The maximum atomic E-state index is 10.5. The number of methoxy groups -OCH3 is 3. The van der Waals surface area contributed by atoms with Gasteiger partial charge in [-0.1, -0.05) is 23.8 Å². The maximum Gasteiger partial charge on any atom is 0.217 e. The minimum absolute atomic E-state index is 0.0874. The molecule has 0 aromatic heterocycles. The molecule has 0 fully saturated rings. The van der Waals surface area contributed by atoms with Crippen LogP contribution in [0.25, 0.3) is 0 Å². The summed E-state index contributed by atoms with van der Waals surface area (Å²) in [6, 6.07) is 17.0. The van der Waals surface area contributed by atoms with Crippen molar-refractivity contribution in [2.24, 2.45) is 5.10 Å². The monoisotopic (exact) mass is 446 g/mol. The number of phenols is 1. The fourth-order valence-corrected chi connectivity index (χ4v) is 4.52. The van der Waals surface area contributed by atoms with E-state index in [9.17, 15) is 5.11 Å². The number of nitrogens with zero attached hydrogens (tertiary/aromatic N) is 2. The number of hydrogen-bond acceptors (Lipinski definition) is 7. The molecule has 0 unspecified atom stereocenters. The van der Waals surface area contributed by atoms with Crippen LogP contribution in [-0.4, -0.2) is 37.2 Å². The van der Waals surface area contributed by atoms with Crippen LogP contribution in [0.2, 0.25) is 0 Å². The third-order valence-corrected chi connectivity index (χ3v) is 6.17. The standard InChI is InChI=1S/C26H26N2O5/c1-15-8-11-22(29)19(12-15)20-14-21-17-6-5-7-23(31-3)25(17)33-26(28(21)27-20)18-10-9-16(30-2)13-24(18)32-4/h5-13,21,26,29H,14H2,1-4H3/t21-,26+/m1/s1. The van der Waals surface area contributed by atoms with Crippen LogP contribution in [0.1, 0.15) is 40.9 Å². The number of rotatable bonds is 5. The number of para-hydroxylation sites is 1. The Morgan fingerprint density at radius 1 is 0.939 bits per heavy atom. The summed E-state index contributed by atoms with van der Waals surface area (Å²) >= 11 is 0. The first-order valence-corrected chi connectivity index (χ1v) is 10.7. The van der Waals surface area contributed by atoms with E-state index in [4.69, 9.17) is 24.0 Å². The van der Waals surface area contributed by atoms with Crippen molar-refractivity contribution in [2.45, 2.75) is 25.6 Å². The molecule has 33 heavy (non-hydrogen) atoms. The lowest BCUT2D eigenvalue weighted by Gasteiger charge is -2.39. The Morgan fingerprint density at radius 2 is 1.76 bits per heavy atom. The Hall–Kier alpha value is -3.87. The van der Waals surface area contributed by atoms with Crippen LogP contribution in [-0.2, 0) is 0 Å². The maximum absolute atomic E-state index is 10.5. The number of benzene rings is 3. The van der Waals surface area contributed by atoms with Crippen molar-refractivity contribution in [3.63, 3.8) is 0 Å². The average molecular weight is 447 g/mol. The molecule has 1 N–H and O–H groups in total. The average Bonchev–Trinajstić information content (AvgIpc) is 3.29. The normalized spacial score (nSPS) is 18.7. The molecule has 2 atom stereocenters. The zero-order valence-corrected chi connectivity index (χ0v) is 19.0. The van der Waals surface area contributed by atoms with E-state index in [0.29, 0.717) is 29.4 Å². The Balaban J connectivity index is 1.66. The number of fused-ring (bicyclic) bond motifs is 3. The lowest BCUT2D eigenvalue weighted by atomic mass is 9.94. The van der Waals surface area contributed by atoms with Crippen molar-refractivity contribution < 1.29 is 24.1 Å². The van der Waals surface area contributed by atoms with Crippen LogP contribution in [0.15, 0.2) is 59.7 Å². The highest BCUT2D eigenvalue weighted by atomic mass is 16.5. The molecule has 0 saturated heterocycles. The number of ether oxygens (including phenoxy) is 4. The summed E-state index contributed by atoms with van der Waals surface area (Å²) in [6.07, 6.45) is 0.0688. The number of aryl methyl sites for hydroxylation is 1. The molecule has 7 heteroatoms. The molecule has 0 amide bonds. The molecule has 2 aliphatic rings. The first-order chi connectivity index (χ1) is 16.0. The quantitative estimate of drug-likeness (QED) is 0.597. The van der Waals surface area contributed by atoms with E-state index in [2.05, 4.69) is 0 Å². The van der Waals surface area contributed by atoms with Gasteiger partial charge in [0.05, 0.1) is 38.6 Å². The van der Waals surface area contributed by atoms with Crippen molar-refractivity contribution in [1.82, 2.24) is 5.01 Å². The second-order valence-electron chi connectivity index (χ2n) is 8.12. The van der Waals surface area contributed by atoms with Gasteiger partial charge in [0.15, 0.2) is 11.5 Å². The van der Waals surface area contributed by atoms with Crippen LogP contribution in [0.4, 0.5) is 0 Å². The number of phenolic OH excluding ortho intramolecular Hbond substituents is 1. The van der Waals surface area contributed by atoms with Crippen molar-refractivity contribution in [3.8, 4) is 28.7 Å². The summed E-state index contributed by atoms with van der Waals surface area (Å²) in [7, 11) is 4.88. The van der Waals surface area contributed by atoms with Crippen LogP contribution in [0.5, 0.6) is 28.7 Å². The molecule has 0 radical (unpaired) electrons. The molecule has 2 heterocycles. The van der Waals surface area contributed by atoms with Crippen molar-refractivity contribution >= 4 is 5.71 Å². The third-order valence-electron chi connectivity index (χ3n) is 6.17. The van der Waals surface area contributed by atoms with E-state index in [1.54, 1.807) is 27.4 Å². The predicted molar refractivity (Wildman–Crippen MR) is 124 cm³/mol. The summed E-state index contributed by atoms with van der Waals surface area (Å²) in [5.41, 5.74) is 4.40.